The predicted molar refractivity (Wildman–Crippen MR) is 108 cm³/mol. The fourth-order valence-corrected chi connectivity index (χ4v) is 2.92. The van der Waals surface area contributed by atoms with Gasteiger partial charge in [-0.3, -0.25) is 4.79 Å². The maximum absolute atomic E-state index is 12.1. The minimum absolute atomic E-state index is 0.112. The van der Waals surface area contributed by atoms with Crippen molar-refractivity contribution in [3.63, 3.8) is 0 Å². The summed E-state index contributed by atoms with van der Waals surface area (Å²) < 4.78 is 11.7. The second-order valence-electron chi connectivity index (χ2n) is 6.91. The lowest BCUT2D eigenvalue weighted by Gasteiger charge is -2.25. The molecule has 0 saturated carbocycles. The van der Waals surface area contributed by atoms with Crippen LogP contribution >= 0.6 is 15.9 Å². The van der Waals surface area contributed by atoms with E-state index in [2.05, 4.69) is 35.1 Å². The Morgan fingerprint density at radius 1 is 1.11 bits per heavy atom. The SMILES string of the molecule is CC(C)(CNC(=O)COc1ccc2ccc(=O)oc2c1)c1ccc(Br)cc1. The average Bonchev–Trinajstić information content (AvgIpc) is 2.64. The zero-order valence-electron chi connectivity index (χ0n) is 15.1. The van der Waals surface area contributed by atoms with Gasteiger partial charge in [0.05, 0.1) is 0 Å². The van der Waals surface area contributed by atoms with E-state index >= 15 is 0 Å². The summed E-state index contributed by atoms with van der Waals surface area (Å²) in [6.07, 6.45) is 0. The topological polar surface area (TPSA) is 68.5 Å². The minimum atomic E-state index is -0.424. The smallest absolute Gasteiger partial charge is 0.336 e. The van der Waals surface area contributed by atoms with E-state index in [1.54, 1.807) is 24.3 Å². The van der Waals surface area contributed by atoms with Gasteiger partial charge in [0.2, 0.25) is 0 Å². The zero-order valence-corrected chi connectivity index (χ0v) is 16.7. The summed E-state index contributed by atoms with van der Waals surface area (Å²) in [5.41, 5.74) is 0.934. The van der Waals surface area contributed by atoms with Crippen molar-refractivity contribution in [3.05, 3.63) is 75.1 Å². The molecule has 0 aliphatic carbocycles. The Kier molecular flexibility index (Phi) is 5.65. The van der Waals surface area contributed by atoms with E-state index in [0.29, 0.717) is 17.9 Å². The van der Waals surface area contributed by atoms with Crippen LogP contribution in [-0.2, 0) is 10.2 Å². The molecule has 1 heterocycles. The first kappa shape index (κ1) is 19.2. The number of hydrogen-bond donors (Lipinski definition) is 1. The Labute approximate surface area is 165 Å². The van der Waals surface area contributed by atoms with Gasteiger partial charge in [-0.05, 0) is 35.9 Å². The van der Waals surface area contributed by atoms with Crippen LogP contribution in [0.4, 0.5) is 0 Å². The lowest BCUT2D eigenvalue weighted by molar-refractivity contribution is -0.123. The molecule has 3 aromatic rings. The Morgan fingerprint density at radius 3 is 2.56 bits per heavy atom. The van der Waals surface area contributed by atoms with Gasteiger partial charge in [-0.25, -0.2) is 4.79 Å². The number of rotatable bonds is 6. The van der Waals surface area contributed by atoms with E-state index in [4.69, 9.17) is 9.15 Å². The first-order valence-electron chi connectivity index (χ1n) is 8.53. The molecule has 0 fully saturated rings. The van der Waals surface area contributed by atoms with Crippen molar-refractivity contribution in [2.24, 2.45) is 0 Å². The second-order valence-corrected chi connectivity index (χ2v) is 7.83. The molecule has 27 heavy (non-hydrogen) atoms. The molecular formula is C21H20BrNO4. The molecule has 0 atom stereocenters. The molecule has 1 aromatic heterocycles. The van der Waals surface area contributed by atoms with Crippen molar-refractivity contribution in [3.8, 4) is 5.75 Å². The highest BCUT2D eigenvalue weighted by molar-refractivity contribution is 9.10. The number of ether oxygens (including phenoxy) is 1. The molecule has 0 radical (unpaired) electrons. The third-order valence-corrected chi connectivity index (χ3v) is 4.85. The van der Waals surface area contributed by atoms with E-state index in [1.807, 2.05) is 24.3 Å². The van der Waals surface area contributed by atoms with Crippen molar-refractivity contribution in [1.82, 2.24) is 5.32 Å². The van der Waals surface area contributed by atoms with Gasteiger partial charge in [0, 0.05) is 34.0 Å². The van der Waals surface area contributed by atoms with Crippen LogP contribution < -0.4 is 15.7 Å². The summed E-state index contributed by atoms with van der Waals surface area (Å²) in [7, 11) is 0. The van der Waals surface area contributed by atoms with Gasteiger partial charge in [-0.1, -0.05) is 41.9 Å². The third kappa shape index (κ3) is 4.98. The molecule has 140 valence electrons. The number of halogens is 1. The molecule has 1 amide bonds. The molecule has 3 rings (SSSR count). The summed E-state index contributed by atoms with van der Waals surface area (Å²) in [4.78, 5) is 23.5. The van der Waals surface area contributed by atoms with Crippen LogP contribution in [0, 0.1) is 0 Å². The summed E-state index contributed by atoms with van der Waals surface area (Å²) in [5, 5.41) is 3.70. The highest BCUT2D eigenvalue weighted by atomic mass is 79.9. The molecule has 6 heteroatoms. The van der Waals surface area contributed by atoms with Crippen LogP contribution in [0.15, 0.2) is 68.3 Å². The number of benzene rings is 2. The van der Waals surface area contributed by atoms with Crippen molar-refractivity contribution in [2.75, 3.05) is 13.2 Å². The summed E-state index contributed by atoms with van der Waals surface area (Å²) >= 11 is 3.43. The highest BCUT2D eigenvalue weighted by Gasteiger charge is 2.21. The van der Waals surface area contributed by atoms with Gasteiger partial charge in [-0.15, -0.1) is 0 Å². The fourth-order valence-electron chi connectivity index (χ4n) is 2.65. The Hall–Kier alpha value is -2.60. The largest absolute Gasteiger partial charge is 0.484 e. The molecule has 0 unspecified atom stereocenters. The van der Waals surface area contributed by atoms with Crippen molar-refractivity contribution >= 4 is 32.8 Å². The number of carbonyl (C=O) groups excluding carboxylic acids is 1. The maximum atomic E-state index is 12.1. The van der Waals surface area contributed by atoms with E-state index in [-0.39, 0.29) is 17.9 Å². The number of amides is 1. The van der Waals surface area contributed by atoms with Gasteiger partial charge in [0.15, 0.2) is 6.61 Å². The number of fused-ring (bicyclic) bond motifs is 1. The molecule has 1 N–H and O–H groups in total. The molecule has 0 aliphatic rings. The van der Waals surface area contributed by atoms with Gasteiger partial charge in [0.25, 0.3) is 5.91 Å². The van der Waals surface area contributed by atoms with Crippen LogP contribution in [0.3, 0.4) is 0 Å². The summed E-state index contributed by atoms with van der Waals surface area (Å²) in [5.74, 6) is 0.258. The monoisotopic (exact) mass is 429 g/mol. The third-order valence-electron chi connectivity index (χ3n) is 4.32. The zero-order chi connectivity index (χ0) is 19.4. The summed E-state index contributed by atoms with van der Waals surface area (Å²) in [6.45, 7) is 4.52. The maximum Gasteiger partial charge on any atom is 0.336 e. The van der Waals surface area contributed by atoms with Gasteiger partial charge < -0.3 is 14.5 Å². The normalized spacial score (nSPS) is 11.4. The van der Waals surface area contributed by atoms with E-state index in [1.165, 1.54) is 6.07 Å². The number of nitrogens with one attached hydrogen (secondary N) is 1. The van der Waals surface area contributed by atoms with Gasteiger partial charge >= 0.3 is 5.63 Å². The minimum Gasteiger partial charge on any atom is -0.484 e. The van der Waals surface area contributed by atoms with Crippen LogP contribution in [-0.4, -0.2) is 19.1 Å². The predicted octanol–water partition coefficient (Wildman–Crippen LogP) is 4.03. The van der Waals surface area contributed by atoms with Crippen LogP contribution in [0.1, 0.15) is 19.4 Å². The van der Waals surface area contributed by atoms with Crippen LogP contribution in [0.5, 0.6) is 5.75 Å². The molecule has 0 bridgehead atoms. The first-order chi connectivity index (χ1) is 12.8. The van der Waals surface area contributed by atoms with E-state index < -0.39 is 5.63 Å². The average molecular weight is 430 g/mol. The molecule has 0 spiro atoms. The van der Waals surface area contributed by atoms with Crippen molar-refractivity contribution in [2.45, 2.75) is 19.3 Å². The quantitative estimate of drug-likeness (QED) is 0.600. The first-order valence-corrected chi connectivity index (χ1v) is 9.32. The number of hydrogen-bond acceptors (Lipinski definition) is 4. The fraction of sp³-hybridized carbons (Fsp3) is 0.238. The second kappa shape index (κ2) is 7.96. The molecule has 0 aliphatic heterocycles. The molecular weight excluding hydrogens is 410 g/mol. The lowest BCUT2D eigenvalue weighted by Crippen LogP contribution is -2.38. The number of carbonyl (C=O) groups is 1. The summed E-state index contributed by atoms with van der Waals surface area (Å²) in [6, 6.07) is 16.2. The van der Waals surface area contributed by atoms with E-state index in [0.717, 1.165) is 15.4 Å². The molecule has 5 nitrogen and oxygen atoms in total. The van der Waals surface area contributed by atoms with Gasteiger partial charge in [-0.2, -0.15) is 0 Å². The molecule has 0 saturated heterocycles. The lowest BCUT2D eigenvalue weighted by atomic mass is 9.84. The van der Waals surface area contributed by atoms with Crippen molar-refractivity contribution < 1.29 is 13.9 Å². The molecule has 2 aromatic carbocycles. The van der Waals surface area contributed by atoms with E-state index in [9.17, 15) is 9.59 Å². The Bertz CT molecular complexity index is 1010. The highest BCUT2D eigenvalue weighted by Crippen LogP contribution is 2.24. The Balaban J connectivity index is 1.56. The standard InChI is InChI=1S/C21H20BrNO4/c1-21(2,15-5-7-16(22)8-6-15)13-23-19(24)12-26-17-9-3-14-4-10-20(25)27-18(14)11-17/h3-11H,12-13H2,1-2H3,(H,23,24). The van der Waals surface area contributed by atoms with Crippen LogP contribution in [0.2, 0.25) is 0 Å². The van der Waals surface area contributed by atoms with Gasteiger partial charge in [0.1, 0.15) is 11.3 Å². The van der Waals surface area contributed by atoms with Crippen molar-refractivity contribution in [1.29, 1.82) is 0 Å². The Morgan fingerprint density at radius 2 is 1.81 bits per heavy atom. The van der Waals surface area contributed by atoms with Crippen LogP contribution in [0.25, 0.3) is 11.0 Å².